The summed E-state index contributed by atoms with van der Waals surface area (Å²) in [6.45, 7) is 14.3. The summed E-state index contributed by atoms with van der Waals surface area (Å²) in [5.74, 6) is 0.502. The number of hydrogen-bond donors (Lipinski definition) is 1. The van der Waals surface area contributed by atoms with Crippen molar-refractivity contribution in [1.29, 1.82) is 0 Å². The Morgan fingerprint density at radius 2 is 1.28 bits per heavy atom. The second-order valence-electron chi connectivity index (χ2n) is 8.35. The average Bonchev–Trinajstić information content (AvgIpc) is 2.90. The molecule has 1 unspecified atom stereocenters. The van der Waals surface area contributed by atoms with Gasteiger partial charge in [0.05, 0.1) is 0 Å². The van der Waals surface area contributed by atoms with Gasteiger partial charge in [-0.3, -0.25) is 0 Å². The first-order chi connectivity index (χ1) is 14.7. The number of hydrogen-bond acceptors (Lipinski definition) is 1. The molecule has 2 aromatic rings. The molecule has 0 saturated carbocycles. The Labute approximate surface area is 212 Å². The third-order valence-corrected chi connectivity index (χ3v) is 5.65. The third-order valence-electron chi connectivity index (χ3n) is 5.65. The summed E-state index contributed by atoms with van der Waals surface area (Å²) in [5.41, 5.74) is 12.5. The Kier molecular flexibility index (Phi) is 14.5. The van der Waals surface area contributed by atoms with Gasteiger partial charge in [0.1, 0.15) is 0 Å². The standard InChI is InChI=1S/C24H29N.2C2H6N.Ti/c1-15-11-16(2)13-22(12-15)25-14-21-9-7-8-10-23(21)24-19(5)17(3)18(4)20(24)6;2*1-3-2;/h7-13,19,25H,14H2,1-6H3;2*1-2H3;/q;2*-1;+2. The van der Waals surface area contributed by atoms with E-state index in [2.05, 4.69) is 100.0 Å². The van der Waals surface area contributed by atoms with Crippen LogP contribution in [0, 0.1) is 19.8 Å². The minimum absolute atomic E-state index is 0. The maximum atomic E-state index is 3.62. The Hall–Kier alpha value is -1.65. The van der Waals surface area contributed by atoms with Crippen molar-refractivity contribution in [3.63, 3.8) is 0 Å². The number of benzene rings is 2. The summed E-state index contributed by atoms with van der Waals surface area (Å²) >= 11 is 0. The van der Waals surface area contributed by atoms with Crippen molar-refractivity contribution in [2.75, 3.05) is 33.5 Å². The SMILES string of the molecule is CC1=C(C)C(C)C(c2ccccc2CNc2cc(C)cc(C)c2)=C1C.C[N-]C.C[N-]C.[Ti+2]. The molecular formula is C28H41N3Ti. The van der Waals surface area contributed by atoms with E-state index in [1.54, 1.807) is 28.2 Å². The van der Waals surface area contributed by atoms with E-state index in [0.29, 0.717) is 5.92 Å². The molecule has 3 rings (SSSR count). The monoisotopic (exact) mass is 467 g/mol. The Morgan fingerprint density at radius 3 is 1.75 bits per heavy atom. The maximum absolute atomic E-state index is 3.62. The minimum atomic E-state index is 0. The van der Waals surface area contributed by atoms with Crippen molar-refractivity contribution in [2.24, 2.45) is 5.92 Å². The van der Waals surface area contributed by atoms with Gasteiger partial charge >= 0.3 is 21.7 Å². The van der Waals surface area contributed by atoms with Crippen LogP contribution >= 0.6 is 0 Å². The number of nitrogens with zero attached hydrogens (tertiary/aromatic N) is 2. The summed E-state index contributed by atoms with van der Waals surface area (Å²) in [6.07, 6.45) is 0. The Balaban J connectivity index is 0.00000124. The molecule has 0 heterocycles. The molecule has 1 atom stereocenters. The number of nitrogens with one attached hydrogen (secondary N) is 1. The molecule has 3 nitrogen and oxygen atoms in total. The predicted octanol–water partition coefficient (Wildman–Crippen LogP) is 7.91. The topological polar surface area (TPSA) is 40.2 Å². The zero-order chi connectivity index (χ0) is 23.6. The van der Waals surface area contributed by atoms with Crippen LogP contribution in [0.5, 0.6) is 0 Å². The van der Waals surface area contributed by atoms with Crippen molar-refractivity contribution in [1.82, 2.24) is 0 Å². The fourth-order valence-corrected chi connectivity index (χ4v) is 4.01. The van der Waals surface area contributed by atoms with Crippen LogP contribution in [0.15, 0.2) is 59.2 Å². The largest absolute Gasteiger partial charge is 2.00 e. The first kappa shape index (κ1) is 30.4. The van der Waals surface area contributed by atoms with Gasteiger partial charge in [0.15, 0.2) is 0 Å². The van der Waals surface area contributed by atoms with Crippen LogP contribution in [-0.2, 0) is 28.3 Å². The molecule has 0 fully saturated rings. The van der Waals surface area contributed by atoms with Gasteiger partial charge in [-0.1, -0.05) is 42.8 Å². The van der Waals surface area contributed by atoms with Crippen molar-refractivity contribution >= 4 is 11.3 Å². The van der Waals surface area contributed by atoms with Gasteiger partial charge in [-0.15, -0.1) is 0 Å². The summed E-state index contributed by atoms with van der Waals surface area (Å²) in [7, 11) is 7.00. The second-order valence-corrected chi connectivity index (χ2v) is 8.35. The second kappa shape index (κ2) is 15.2. The van der Waals surface area contributed by atoms with Crippen LogP contribution in [-0.4, -0.2) is 28.2 Å². The first-order valence-electron chi connectivity index (χ1n) is 11.0. The van der Waals surface area contributed by atoms with Crippen LogP contribution in [0.1, 0.15) is 49.9 Å². The van der Waals surface area contributed by atoms with E-state index in [-0.39, 0.29) is 21.7 Å². The zero-order valence-corrected chi connectivity index (χ0v) is 23.3. The Bertz CT molecular complexity index is 890. The molecule has 4 heteroatoms. The molecule has 1 aliphatic rings. The zero-order valence-electron chi connectivity index (χ0n) is 21.7. The van der Waals surface area contributed by atoms with Crippen LogP contribution in [0.25, 0.3) is 16.2 Å². The number of anilines is 1. The summed E-state index contributed by atoms with van der Waals surface area (Å²) in [6, 6.07) is 15.5. The number of aryl methyl sites for hydroxylation is 2. The molecule has 2 aromatic carbocycles. The molecule has 1 N–H and O–H groups in total. The van der Waals surface area contributed by atoms with Crippen LogP contribution in [0.2, 0.25) is 0 Å². The molecule has 0 aliphatic heterocycles. The molecule has 0 spiro atoms. The van der Waals surface area contributed by atoms with Crippen molar-refractivity contribution in [2.45, 2.75) is 48.1 Å². The van der Waals surface area contributed by atoms with E-state index in [9.17, 15) is 0 Å². The predicted molar refractivity (Wildman–Crippen MR) is 140 cm³/mol. The summed E-state index contributed by atoms with van der Waals surface area (Å²) < 4.78 is 0. The van der Waals surface area contributed by atoms with Crippen LogP contribution in [0.4, 0.5) is 5.69 Å². The van der Waals surface area contributed by atoms with E-state index in [1.165, 1.54) is 50.2 Å². The normalized spacial score (nSPS) is 14.8. The molecule has 1 aliphatic carbocycles. The van der Waals surface area contributed by atoms with Gasteiger partial charge in [-0.25, -0.2) is 0 Å². The maximum Gasteiger partial charge on any atom is 2.00 e. The van der Waals surface area contributed by atoms with E-state index in [1.807, 2.05) is 0 Å². The smallest absolute Gasteiger partial charge is 0.668 e. The van der Waals surface area contributed by atoms with Crippen molar-refractivity contribution in [3.8, 4) is 0 Å². The number of rotatable bonds is 4. The molecule has 0 amide bonds. The molecule has 0 radical (unpaired) electrons. The van der Waals surface area contributed by atoms with E-state index in [4.69, 9.17) is 0 Å². The van der Waals surface area contributed by atoms with Crippen LogP contribution < -0.4 is 5.32 Å². The Morgan fingerprint density at radius 1 is 0.781 bits per heavy atom. The third kappa shape index (κ3) is 8.37. The van der Waals surface area contributed by atoms with Gasteiger partial charge in [0.2, 0.25) is 0 Å². The van der Waals surface area contributed by atoms with Gasteiger partial charge < -0.3 is 16.0 Å². The minimum Gasteiger partial charge on any atom is -0.668 e. The average molecular weight is 468 g/mol. The van der Waals surface area contributed by atoms with Crippen molar-refractivity contribution in [3.05, 3.63) is 92.1 Å². The summed E-state index contributed by atoms with van der Waals surface area (Å²) in [4.78, 5) is 0. The van der Waals surface area contributed by atoms with Gasteiger partial charge in [0.25, 0.3) is 0 Å². The molecule has 0 aromatic heterocycles. The molecule has 32 heavy (non-hydrogen) atoms. The molecular weight excluding hydrogens is 426 g/mol. The van der Waals surface area contributed by atoms with E-state index < -0.39 is 0 Å². The van der Waals surface area contributed by atoms with Gasteiger partial charge in [0, 0.05) is 18.2 Å². The van der Waals surface area contributed by atoms with Gasteiger partial charge in [-0.2, -0.15) is 28.2 Å². The first-order valence-corrected chi connectivity index (χ1v) is 11.0. The molecule has 0 bridgehead atoms. The molecule has 172 valence electrons. The fraction of sp³-hybridized carbons (Fsp3) is 0.429. The fourth-order valence-electron chi connectivity index (χ4n) is 4.01. The van der Waals surface area contributed by atoms with Gasteiger partial charge in [-0.05, 0) is 85.7 Å². The van der Waals surface area contributed by atoms with Crippen molar-refractivity contribution < 1.29 is 21.7 Å². The molecule has 0 saturated heterocycles. The van der Waals surface area contributed by atoms with E-state index >= 15 is 0 Å². The van der Waals surface area contributed by atoms with E-state index in [0.717, 1.165) is 6.54 Å². The quantitative estimate of drug-likeness (QED) is 0.456. The summed E-state index contributed by atoms with van der Waals surface area (Å²) in [5, 5.41) is 10.6. The van der Waals surface area contributed by atoms with Crippen LogP contribution in [0.3, 0.4) is 0 Å². The number of allylic oxidation sites excluding steroid dienone is 4.